The summed E-state index contributed by atoms with van der Waals surface area (Å²) in [5, 5.41) is 10.1. The van der Waals surface area contributed by atoms with Gasteiger partial charge in [-0.15, -0.1) is 0 Å². The number of phenolic OH excluding ortho intramolecular Hbond substituents is 1. The molecular formula is C19H19Cl2NO3. The van der Waals surface area contributed by atoms with Crippen molar-refractivity contribution in [3.63, 3.8) is 0 Å². The van der Waals surface area contributed by atoms with Crippen LogP contribution in [0, 0.1) is 0 Å². The maximum atomic E-state index is 12.7. The molecule has 0 aromatic heterocycles. The molecule has 1 aliphatic heterocycles. The number of ether oxygens (including phenoxy) is 1. The van der Waals surface area contributed by atoms with Crippen LogP contribution in [0.2, 0.25) is 10.0 Å². The van der Waals surface area contributed by atoms with Crippen LogP contribution in [0.1, 0.15) is 34.7 Å². The van der Waals surface area contributed by atoms with Crippen molar-refractivity contribution in [1.82, 2.24) is 4.90 Å². The number of amides is 1. The van der Waals surface area contributed by atoms with Crippen molar-refractivity contribution in [2.45, 2.75) is 18.8 Å². The van der Waals surface area contributed by atoms with E-state index in [9.17, 15) is 9.90 Å². The number of aromatic hydroxyl groups is 1. The second kappa shape index (κ2) is 7.54. The van der Waals surface area contributed by atoms with Gasteiger partial charge in [0.25, 0.3) is 5.91 Å². The Bertz CT molecular complexity index is 746. The number of rotatable bonds is 3. The highest BCUT2D eigenvalue weighted by molar-refractivity contribution is 6.37. The van der Waals surface area contributed by atoms with Gasteiger partial charge in [-0.1, -0.05) is 35.3 Å². The molecule has 0 unspecified atom stereocenters. The second-order valence-corrected chi connectivity index (χ2v) is 6.95. The van der Waals surface area contributed by atoms with E-state index in [1.165, 1.54) is 12.7 Å². The molecule has 1 N–H and O–H groups in total. The highest BCUT2D eigenvalue weighted by Crippen LogP contribution is 2.35. The molecule has 4 nitrogen and oxygen atoms in total. The highest BCUT2D eigenvalue weighted by Gasteiger charge is 2.25. The fraction of sp³-hybridized carbons (Fsp3) is 0.316. The Hall–Kier alpha value is -1.91. The van der Waals surface area contributed by atoms with E-state index < -0.39 is 0 Å². The molecule has 1 heterocycles. The summed E-state index contributed by atoms with van der Waals surface area (Å²) in [5.74, 6) is 0.971. The molecule has 1 aliphatic rings. The molecule has 3 rings (SSSR count). The summed E-state index contributed by atoms with van der Waals surface area (Å²) in [6.07, 6.45) is 1.77. The summed E-state index contributed by atoms with van der Waals surface area (Å²) in [4.78, 5) is 14.6. The van der Waals surface area contributed by atoms with Crippen LogP contribution >= 0.6 is 23.2 Å². The number of likely N-dealkylation sites (tertiary alicyclic amines) is 1. The van der Waals surface area contributed by atoms with E-state index >= 15 is 0 Å². The minimum Gasteiger partial charge on any atom is -0.508 e. The van der Waals surface area contributed by atoms with Crippen LogP contribution in [0.15, 0.2) is 36.4 Å². The van der Waals surface area contributed by atoms with E-state index in [0.717, 1.165) is 12.8 Å². The number of hydrogen-bond acceptors (Lipinski definition) is 3. The number of hydrogen-bond donors (Lipinski definition) is 1. The van der Waals surface area contributed by atoms with Crippen LogP contribution in [0.3, 0.4) is 0 Å². The molecule has 1 fully saturated rings. The predicted octanol–water partition coefficient (Wildman–Crippen LogP) is 4.73. The fourth-order valence-corrected chi connectivity index (χ4v) is 3.86. The molecule has 2 aromatic carbocycles. The third kappa shape index (κ3) is 3.86. The van der Waals surface area contributed by atoms with Crippen LogP contribution < -0.4 is 4.74 Å². The SMILES string of the molecule is COc1c(Cl)cc(C(=O)N2CCC(c3ccc(O)cc3)CC2)cc1Cl. The molecule has 0 saturated carbocycles. The number of piperidine rings is 1. The number of halogens is 2. The molecule has 0 radical (unpaired) electrons. The summed E-state index contributed by atoms with van der Waals surface area (Å²) < 4.78 is 5.12. The maximum Gasteiger partial charge on any atom is 0.253 e. The Labute approximate surface area is 156 Å². The molecule has 2 aromatic rings. The molecule has 0 spiro atoms. The summed E-state index contributed by atoms with van der Waals surface area (Å²) in [7, 11) is 1.49. The van der Waals surface area contributed by atoms with Crippen molar-refractivity contribution in [3.8, 4) is 11.5 Å². The van der Waals surface area contributed by atoms with Gasteiger partial charge in [-0.05, 0) is 48.6 Å². The number of carbonyl (C=O) groups is 1. The zero-order valence-electron chi connectivity index (χ0n) is 13.8. The van der Waals surface area contributed by atoms with Crippen LogP contribution in [-0.4, -0.2) is 36.1 Å². The molecule has 25 heavy (non-hydrogen) atoms. The quantitative estimate of drug-likeness (QED) is 0.838. The molecule has 132 valence electrons. The summed E-state index contributed by atoms with van der Waals surface area (Å²) >= 11 is 12.3. The van der Waals surface area contributed by atoms with Gasteiger partial charge in [0.2, 0.25) is 0 Å². The summed E-state index contributed by atoms with van der Waals surface area (Å²) in [6.45, 7) is 1.34. The number of benzene rings is 2. The minimum absolute atomic E-state index is 0.0735. The van der Waals surface area contributed by atoms with E-state index in [4.69, 9.17) is 27.9 Å². The van der Waals surface area contributed by atoms with Gasteiger partial charge in [-0.2, -0.15) is 0 Å². The number of methoxy groups -OCH3 is 1. The first-order valence-corrected chi connectivity index (χ1v) is 8.86. The Kier molecular flexibility index (Phi) is 5.40. The highest BCUT2D eigenvalue weighted by atomic mass is 35.5. The van der Waals surface area contributed by atoms with Crippen molar-refractivity contribution >= 4 is 29.1 Å². The topological polar surface area (TPSA) is 49.8 Å². The first-order chi connectivity index (χ1) is 12.0. The van der Waals surface area contributed by atoms with Crippen LogP contribution in [0.25, 0.3) is 0 Å². The lowest BCUT2D eigenvalue weighted by molar-refractivity contribution is 0.0713. The summed E-state index contributed by atoms with van der Waals surface area (Å²) in [5.41, 5.74) is 1.67. The lowest BCUT2D eigenvalue weighted by atomic mass is 9.89. The third-order valence-electron chi connectivity index (χ3n) is 4.60. The lowest BCUT2D eigenvalue weighted by Gasteiger charge is -2.32. The van der Waals surface area contributed by atoms with E-state index in [1.807, 2.05) is 17.0 Å². The lowest BCUT2D eigenvalue weighted by Crippen LogP contribution is -2.37. The monoisotopic (exact) mass is 379 g/mol. The van der Waals surface area contributed by atoms with Crippen LogP contribution in [-0.2, 0) is 0 Å². The van der Waals surface area contributed by atoms with Gasteiger partial charge >= 0.3 is 0 Å². The van der Waals surface area contributed by atoms with E-state index in [2.05, 4.69) is 0 Å². The predicted molar refractivity (Wildman–Crippen MR) is 99.0 cm³/mol. The molecule has 1 saturated heterocycles. The standard InChI is InChI=1S/C19H19Cl2NO3/c1-25-18-16(20)10-14(11-17(18)21)19(24)22-8-6-13(7-9-22)12-2-4-15(23)5-3-12/h2-5,10-11,13,23H,6-9H2,1H3. The molecule has 0 atom stereocenters. The zero-order valence-corrected chi connectivity index (χ0v) is 15.3. The Morgan fingerprint density at radius 1 is 1.12 bits per heavy atom. The number of phenols is 1. The average molecular weight is 380 g/mol. The molecule has 6 heteroatoms. The van der Waals surface area contributed by atoms with E-state index in [-0.39, 0.29) is 11.7 Å². The van der Waals surface area contributed by atoms with Crippen molar-refractivity contribution in [2.24, 2.45) is 0 Å². The van der Waals surface area contributed by atoms with E-state index in [0.29, 0.717) is 40.4 Å². The smallest absolute Gasteiger partial charge is 0.253 e. The van der Waals surface area contributed by atoms with Crippen molar-refractivity contribution in [1.29, 1.82) is 0 Å². The van der Waals surface area contributed by atoms with Gasteiger partial charge < -0.3 is 14.7 Å². The first-order valence-electron chi connectivity index (χ1n) is 8.11. The van der Waals surface area contributed by atoms with Gasteiger partial charge in [0, 0.05) is 18.7 Å². The van der Waals surface area contributed by atoms with Crippen molar-refractivity contribution in [2.75, 3.05) is 20.2 Å². The summed E-state index contributed by atoms with van der Waals surface area (Å²) in [6, 6.07) is 10.5. The van der Waals surface area contributed by atoms with Crippen LogP contribution in [0.5, 0.6) is 11.5 Å². The van der Waals surface area contributed by atoms with Gasteiger partial charge in [0.1, 0.15) is 5.75 Å². The number of carbonyl (C=O) groups excluding carboxylic acids is 1. The van der Waals surface area contributed by atoms with Gasteiger partial charge in [0.15, 0.2) is 5.75 Å². The Balaban J connectivity index is 1.68. The van der Waals surface area contributed by atoms with Gasteiger partial charge in [-0.3, -0.25) is 4.79 Å². The average Bonchev–Trinajstić information content (AvgIpc) is 2.61. The maximum absolute atomic E-state index is 12.7. The first kappa shape index (κ1) is 17.9. The second-order valence-electron chi connectivity index (χ2n) is 6.13. The van der Waals surface area contributed by atoms with Crippen molar-refractivity contribution < 1.29 is 14.6 Å². The zero-order chi connectivity index (χ0) is 18.0. The Morgan fingerprint density at radius 2 is 1.68 bits per heavy atom. The van der Waals surface area contributed by atoms with Crippen molar-refractivity contribution in [3.05, 3.63) is 57.6 Å². The van der Waals surface area contributed by atoms with Gasteiger partial charge in [-0.25, -0.2) is 0 Å². The van der Waals surface area contributed by atoms with E-state index in [1.54, 1.807) is 24.3 Å². The fourth-order valence-electron chi connectivity index (χ4n) is 3.22. The third-order valence-corrected chi connectivity index (χ3v) is 5.16. The molecular weight excluding hydrogens is 361 g/mol. The molecule has 1 amide bonds. The molecule has 0 bridgehead atoms. The van der Waals surface area contributed by atoms with Gasteiger partial charge in [0.05, 0.1) is 17.2 Å². The van der Waals surface area contributed by atoms with Crippen LogP contribution in [0.4, 0.5) is 0 Å². The molecule has 0 aliphatic carbocycles. The normalized spacial score (nSPS) is 15.2. The Morgan fingerprint density at radius 3 is 2.20 bits per heavy atom. The minimum atomic E-state index is -0.0735. The largest absolute Gasteiger partial charge is 0.508 e. The number of nitrogens with zero attached hydrogens (tertiary/aromatic N) is 1.